The minimum Gasteiger partial charge on any atom is -0.108 e. The van der Waals surface area contributed by atoms with Crippen LogP contribution in [0.1, 0.15) is 20.8 Å². The van der Waals surface area contributed by atoms with E-state index in [4.69, 9.17) is 110 Å². The Bertz CT molecular complexity index is 665. The highest BCUT2D eigenvalue weighted by Gasteiger charge is 2.79. The van der Waals surface area contributed by atoms with Crippen LogP contribution in [0.4, 0.5) is 0 Å². The zero-order chi connectivity index (χ0) is 22.7. The molecule has 28 heavy (non-hydrogen) atoms. The minimum atomic E-state index is -2.27. The second kappa shape index (κ2) is 6.03. The van der Waals surface area contributed by atoms with Gasteiger partial charge in [0.1, 0.15) is 0 Å². The molecule has 6 unspecified atom stereocenters. The van der Waals surface area contributed by atoms with Crippen LogP contribution in [0.5, 0.6) is 0 Å². The van der Waals surface area contributed by atoms with E-state index in [1.807, 2.05) is 0 Å². The van der Waals surface area contributed by atoms with Crippen LogP contribution < -0.4 is 0 Å². The van der Waals surface area contributed by atoms with Gasteiger partial charge in [-0.05, 0) is 5.41 Å². The maximum absolute atomic E-state index is 6.91. The Balaban J connectivity index is 3.18. The second-order valence-corrected chi connectivity index (χ2v) is 9.93. The van der Waals surface area contributed by atoms with Gasteiger partial charge in [0.05, 0.1) is 110 Å². The van der Waals surface area contributed by atoms with E-state index in [1.54, 1.807) is 20.8 Å². The summed E-state index contributed by atoms with van der Waals surface area (Å²) in [5, 5.41) is -15.0. The zero-order valence-electron chi connectivity index (χ0n) is 16.8. The molecule has 2 bridgehead atoms. The molecule has 0 nitrogen and oxygen atoms in total. The summed E-state index contributed by atoms with van der Waals surface area (Å²) in [7, 11) is 91.0. The van der Waals surface area contributed by atoms with Crippen molar-refractivity contribution in [2.75, 3.05) is 0 Å². The molecule has 2 rings (SSSR count). The largest absolute Gasteiger partial charge is 0.108 e. The summed E-state index contributed by atoms with van der Waals surface area (Å²) in [6, 6.07) is 0. The van der Waals surface area contributed by atoms with Gasteiger partial charge in [-0.15, -0.1) is 15.6 Å². The Kier molecular flexibility index (Phi) is 5.42. The van der Waals surface area contributed by atoms with Crippen molar-refractivity contribution in [3.05, 3.63) is 0 Å². The minimum absolute atomic E-state index is 0.970. The third-order valence-electron chi connectivity index (χ3n) is 7.74. The summed E-state index contributed by atoms with van der Waals surface area (Å²) in [5.74, 6) is -4.08. The lowest BCUT2D eigenvalue weighted by atomic mass is 8.93. The Hall–Kier alpha value is 0.909. The lowest BCUT2D eigenvalue weighted by molar-refractivity contribution is 0.0582. The van der Waals surface area contributed by atoms with Crippen molar-refractivity contribution in [2.24, 2.45) is 5.41 Å². The molecule has 2 aliphatic rings. The molecule has 6 atom stereocenters. The first-order valence-electron chi connectivity index (χ1n) is 8.91. The molecule has 2 saturated carbocycles. The van der Waals surface area contributed by atoms with Crippen molar-refractivity contribution in [3.63, 3.8) is 0 Å². The van der Waals surface area contributed by atoms with Gasteiger partial charge in [-0.25, -0.2) is 0 Å². The monoisotopic (exact) mass is 334 g/mol. The quantitative estimate of drug-likeness (QED) is 0.526. The lowest BCUT2D eigenvalue weighted by Crippen LogP contribution is -2.73. The van der Waals surface area contributed by atoms with Gasteiger partial charge in [0, 0.05) is 0 Å². The van der Waals surface area contributed by atoms with Crippen LogP contribution in [0.2, 0.25) is 54.2 Å². The summed E-state index contributed by atoms with van der Waals surface area (Å²) >= 11 is 0. The zero-order valence-corrected chi connectivity index (χ0v) is 16.8. The molecular formula is C14H12B14. The maximum Gasteiger partial charge on any atom is 0.0727 e. The Morgan fingerprint density at radius 2 is 1.00 bits per heavy atom. The molecule has 2 fully saturated rings. The van der Waals surface area contributed by atoms with Crippen molar-refractivity contribution < 1.29 is 0 Å². The summed E-state index contributed by atoms with van der Waals surface area (Å²) in [5.41, 5.74) is -0.970. The molecule has 14 heteroatoms. The highest BCUT2D eigenvalue weighted by Crippen LogP contribution is 3.00. The van der Waals surface area contributed by atoms with Crippen molar-refractivity contribution in [1.29, 1.82) is 0 Å². The van der Waals surface area contributed by atoms with E-state index in [0.29, 0.717) is 0 Å². The highest BCUT2D eigenvalue weighted by molar-refractivity contribution is 6.65. The molecule has 0 spiro atoms. The maximum atomic E-state index is 6.91. The fraction of sp³-hybridized carbons (Fsp3) is 1.00. The third kappa shape index (κ3) is 2.14. The van der Waals surface area contributed by atoms with Crippen molar-refractivity contribution in [1.82, 2.24) is 0 Å². The highest BCUT2D eigenvalue weighted by atomic mass is 14.7. The van der Waals surface area contributed by atoms with Crippen LogP contribution in [0.15, 0.2) is 0 Å². The third-order valence-corrected chi connectivity index (χ3v) is 7.74. The summed E-state index contributed by atoms with van der Waals surface area (Å²) in [4.78, 5) is 0. The van der Waals surface area contributed by atoms with Crippen molar-refractivity contribution in [3.8, 4) is 0 Å². The van der Waals surface area contributed by atoms with Crippen LogP contribution >= 0.6 is 0 Å². The molecule has 0 N–H and O–H groups in total. The Morgan fingerprint density at radius 3 is 1.36 bits per heavy atom. The molecular weight excluding hydrogens is 320 g/mol. The predicted octanol–water partition coefficient (Wildman–Crippen LogP) is -1.27. The van der Waals surface area contributed by atoms with Gasteiger partial charge in [0.25, 0.3) is 0 Å². The van der Waals surface area contributed by atoms with Gasteiger partial charge in [0.2, 0.25) is 0 Å². The van der Waals surface area contributed by atoms with Crippen LogP contribution in [-0.2, 0) is 0 Å². The standard InChI is InChI=1S/C14H12B14/c1-7(2,3)14(27,28)12(25)8(18)4(15)5(16)9(19,20)13(12,26)11(23,24)6(17)10(8,21)22/h4-6H,1-3H3. The van der Waals surface area contributed by atoms with E-state index < -0.39 is 59.7 Å². The second-order valence-electron chi connectivity index (χ2n) is 9.93. The van der Waals surface area contributed by atoms with Gasteiger partial charge in [-0.3, -0.25) is 0 Å². The normalized spacial score (nSPS) is 47.2. The topological polar surface area (TPSA) is 0 Å². The summed E-state index contributed by atoms with van der Waals surface area (Å²) in [6.45, 7) is 5.09. The average molecular weight is 332 g/mol. The molecule has 0 aliphatic heterocycles. The van der Waals surface area contributed by atoms with Crippen molar-refractivity contribution in [2.45, 2.75) is 75.0 Å². The van der Waals surface area contributed by atoms with Crippen LogP contribution in [0.3, 0.4) is 0 Å². The fourth-order valence-corrected chi connectivity index (χ4v) is 5.28. The fourth-order valence-electron chi connectivity index (χ4n) is 5.28. The molecule has 0 heterocycles. The predicted molar refractivity (Wildman–Crippen MR) is 130 cm³/mol. The number of hydrogen-bond acceptors (Lipinski definition) is 0. The number of hydrogen-bond donors (Lipinski definition) is 0. The van der Waals surface area contributed by atoms with Gasteiger partial charge in [0.15, 0.2) is 0 Å². The first kappa shape index (κ1) is 25.2. The van der Waals surface area contributed by atoms with Gasteiger partial charge in [-0.2, -0.15) is 0 Å². The molecule has 0 aromatic carbocycles. The molecule has 0 amide bonds. The Labute approximate surface area is 190 Å². The van der Waals surface area contributed by atoms with Crippen molar-refractivity contribution >= 4 is 110 Å². The molecule has 110 valence electrons. The lowest BCUT2D eigenvalue weighted by Gasteiger charge is -2.91. The molecule has 0 aromatic rings. The summed E-state index contributed by atoms with van der Waals surface area (Å²) in [6.07, 6.45) is 0. The van der Waals surface area contributed by atoms with E-state index in [9.17, 15) is 0 Å². The molecule has 2 aliphatic carbocycles. The van der Waals surface area contributed by atoms with Gasteiger partial charge >= 0.3 is 0 Å². The number of fused-ring (bicyclic) bond motifs is 2. The number of rotatable bonds is 1. The Morgan fingerprint density at radius 1 is 0.607 bits per heavy atom. The smallest absolute Gasteiger partial charge is 0.0727 e. The average Bonchev–Trinajstić information content (AvgIpc) is 2.53. The SMILES string of the molecule is [B]C1C([B])C2([B])C([B])([B])C([B])C([B])([B])C([B])(C1([B])[B])C2([B])C([B])([B])C(C)(C)C. The van der Waals surface area contributed by atoms with E-state index in [1.165, 1.54) is 0 Å². The van der Waals surface area contributed by atoms with E-state index in [0.717, 1.165) is 0 Å². The molecule has 0 saturated heterocycles. The first-order valence-corrected chi connectivity index (χ1v) is 8.91. The molecule has 28 radical (unpaired) electrons. The molecule has 0 aromatic heterocycles. The van der Waals surface area contributed by atoms with Crippen LogP contribution in [0, 0.1) is 5.41 Å². The van der Waals surface area contributed by atoms with Crippen LogP contribution in [0.25, 0.3) is 0 Å². The van der Waals surface area contributed by atoms with Gasteiger partial charge < -0.3 is 0 Å². The van der Waals surface area contributed by atoms with Gasteiger partial charge in [-0.1, -0.05) is 59.4 Å². The van der Waals surface area contributed by atoms with E-state index in [-0.39, 0.29) is 0 Å². The first-order chi connectivity index (χ1) is 12.0. The summed E-state index contributed by atoms with van der Waals surface area (Å²) < 4.78 is 0. The van der Waals surface area contributed by atoms with Crippen LogP contribution in [-0.4, -0.2) is 110 Å². The van der Waals surface area contributed by atoms with E-state index in [2.05, 4.69) is 0 Å². The van der Waals surface area contributed by atoms with E-state index >= 15 is 0 Å².